The maximum absolute atomic E-state index is 12.5. The zero-order chi connectivity index (χ0) is 15.1. The fourth-order valence-corrected chi connectivity index (χ4v) is 2.70. The Labute approximate surface area is 133 Å². The number of likely N-dealkylation sites (tertiary alicyclic amines) is 1. The first-order valence-corrected chi connectivity index (χ1v) is 7.56. The monoisotopic (exact) mass is 320 g/mol. The highest BCUT2D eigenvalue weighted by Gasteiger charge is 2.30. The van der Waals surface area contributed by atoms with Crippen molar-refractivity contribution in [1.29, 1.82) is 0 Å². The quantitative estimate of drug-likeness (QED) is 0.685. The average Bonchev–Trinajstić information content (AvgIpc) is 2.42. The number of nitrogens with one attached hydrogen (secondary N) is 1. The average molecular weight is 321 g/mol. The third kappa shape index (κ3) is 6.52. The number of urea groups is 1. The van der Waals surface area contributed by atoms with Gasteiger partial charge in [0.25, 0.3) is 0 Å². The number of carbonyl (C=O) groups excluding carboxylic acids is 2. The van der Waals surface area contributed by atoms with E-state index in [1.54, 1.807) is 0 Å². The molecule has 6 nitrogen and oxygen atoms in total. The van der Waals surface area contributed by atoms with Gasteiger partial charge >= 0.3 is 6.03 Å². The molecule has 0 aromatic carbocycles. The Bertz CT molecular complexity index is 339. The summed E-state index contributed by atoms with van der Waals surface area (Å²) in [6.45, 7) is 5.46. The standard InChI is InChI=1S/C14H28N4O2.ClH/c1-3-4-7-12(17-14(16)20)13(19)18-8-5-6-11(9-18)10(2)15;/h10-12H,3-9,15H2,1-2H3,(H3,16,17,20);1H. The summed E-state index contributed by atoms with van der Waals surface area (Å²) in [6, 6.07) is -1.05. The Morgan fingerprint density at radius 2 is 2.10 bits per heavy atom. The van der Waals surface area contributed by atoms with Crippen LogP contribution in [0, 0.1) is 5.92 Å². The van der Waals surface area contributed by atoms with E-state index in [0.29, 0.717) is 18.9 Å². The van der Waals surface area contributed by atoms with Crippen molar-refractivity contribution in [3.63, 3.8) is 0 Å². The molecule has 3 unspecified atom stereocenters. The lowest BCUT2D eigenvalue weighted by Gasteiger charge is -2.36. The Kier molecular flexibility index (Phi) is 9.37. The second-order valence-electron chi connectivity index (χ2n) is 5.75. The van der Waals surface area contributed by atoms with E-state index in [4.69, 9.17) is 11.5 Å². The molecule has 1 fully saturated rings. The van der Waals surface area contributed by atoms with E-state index in [1.165, 1.54) is 0 Å². The van der Waals surface area contributed by atoms with Gasteiger partial charge in [0.05, 0.1) is 0 Å². The molecule has 0 aromatic rings. The number of amides is 3. The van der Waals surface area contributed by atoms with Crippen LogP contribution < -0.4 is 16.8 Å². The minimum atomic E-state index is -0.639. The molecule has 124 valence electrons. The minimum absolute atomic E-state index is 0. The van der Waals surface area contributed by atoms with Crippen LogP contribution in [0.2, 0.25) is 0 Å². The van der Waals surface area contributed by atoms with Crippen LogP contribution in [0.4, 0.5) is 4.79 Å². The van der Waals surface area contributed by atoms with Gasteiger partial charge in [-0.25, -0.2) is 4.79 Å². The molecule has 7 heteroatoms. The number of carbonyl (C=O) groups is 2. The number of unbranched alkanes of at least 4 members (excludes halogenated alkanes) is 1. The van der Waals surface area contributed by atoms with Gasteiger partial charge in [-0.05, 0) is 32.1 Å². The summed E-state index contributed by atoms with van der Waals surface area (Å²) < 4.78 is 0. The topological polar surface area (TPSA) is 101 Å². The van der Waals surface area contributed by atoms with Crippen molar-refractivity contribution in [1.82, 2.24) is 10.2 Å². The predicted octanol–water partition coefficient (Wildman–Crippen LogP) is 1.22. The van der Waals surface area contributed by atoms with Crippen LogP contribution in [-0.2, 0) is 4.79 Å². The number of hydrogen-bond acceptors (Lipinski definition) is 3. The molecule has 1 rings (SSSR count). The Hall–Kier alpha value is -1.01. The van der Waals surface area contributed by atoms with Crippen molar-refractivity contribution in [2.75, 3.05) is 13.1 Å². The molecular weight excluding hydrogens is 292 g/mol. The Morgan fingerprint density at radius 1 is 1.43 bits per heavy atom. The molecule has 0 spiro atoms. The molecule has 5 N–H and O–H groups in total. The van der Waals surface area contributed by atoms with Gasteiger partial charge in [0.2, 0.25) is 5.91 Å². The summed E-state index contributed by atoms with van der Waals surface area (Å²) in [6.07, 6.45) is 4.53. The summed E-state index contributed by atoms with van der Waals surface area (Å²) in [5.41, 5.74) is 11.1. The van der Waals surface area contributed by atoms with Gasteiger partial charge in [-0.3, -0.25) is 4.79 Å². The highest BCUT2D eigenvalue weighted by atomic mass is 35.5. The molecule has 1 heterocycles. The normalized spacial score (nSPS) is 21.1. The van der Waals surface area contributed by atoms with E-state index >= 15 is 0 Å². The van der Waals surface area contributed by atoms with Crippen molar-refractivity contribution >= 4 is 24.3 Å². The highest BCUT2D eigenvalue weighted by molar-refractivity contribution is 5.86. The van der Waals surface area contributed by atoms with Crippen LogP contribution >= 0.6 is 12.4 Å². The van der Waals surface area contributed by atoms with Crippen molar-refractivity contribution < 1.29 is 9.59 Å². The molecule has 3 atom stereocenters. The summed E-state index contributed by atoms with van der Waals surface area (Å²) >= 11 is 0. The van der Waals surface area contributed by atoms with Gasteiger partial charge in [0, 0.05) is 19.1 Å². The van der Waals surface area contributed by atoms with E-state index in [9.17, 15) is 9.59 Å². The van der Waals surface area contributed by atoms with Gasteiger partial charge < -0.3 is 21.7 Å². The maximum atomic E-state index is 12.5. The number of primary amides is 1. The van der Waals surface area contributed by atoms with Crippen LogP contribution in [0.15, 0.2) is 0 Å². The Balaban J connectivity index is 0.00000400. The molecule has 21 heavy (non-hydrogen) atoms. The minimum Gasteiger partial charge on any atom is -0.352 e. The van der Waals surface area contributed by atoms with Gasteiger partial charge in [0.15, 0.2) is 0 Å². The smallest absolute Gasteiger partial charge is 0.312 e. The van der Waals surface area contributed by atoms with E-state index in [-0.39, 0.29) is 24.4 Å². The third-order valence-corrected chi connectivity index (χ3v) is 3.97. The lowest BCUT2D eigenvalue weighted by molar-refractivity contribution is -0.135. The van der Waals surface area contributed by atoms with E-state index in [1.807, 2.05) is 11.8 Å². The zero-order valence-corrected chi connectivity index (χ0v) is 13.8. The van der Waals surface area contributed by atoms with Crippen LogP contribution in [-0.4, -0.2) is 42.0 Å². The number of rotatable bonds is 6. The summed E-state index contributed by atoms with van der Waals surface area (Å²) in [5, 5.41) is 2.57. The number of piperidine rings is 1. The maximum Gasteiger partial charge on any atom is 0.312 e. The van der Waals surface area contributed by atoms with Gasteiger partial charge in [-0.2, -0.15) is 0 Å². The molecule has 1 saturated heterocycles. The second kappa shape index (κ2) is 9.84. The molecule has 0 radical (unpaired) electrons. The van der Waals surface area contributed by atoms with E-state index in [0.717, 1.165) is 32.2 Å². The molecule has 0 aromatic heterocycles. The largest absolute Gasteiger partial charge is 0.352 e. The molecule has 1 aliphatic heterocycles. The molecular formula is C14H29ClN4O2. The molecule has 3 amide bonds. The number of nitrogens with two attached hydrogens (primary N) is 2. The predicted molar refractivity (Wildman–Crippen MR) is 86.2 cm³/mol. The van der Waals surface area contributed by atoms with Crippen molar-refractivity contribution in [2.45, 2.75) is 58.0 Å². The molecule has 1 aliphatic rings. The van der Waals surface area contributed by atoms with Crippen molar-refractivity contribution in [2.24, 2.45) is 17.4 Å². The van der Waals surface area contributed by atoms with Gasteiger partial charge in [-0.15, -0.1) is 12.4 Å². The first-order valence-electron chi connectivity index (χ1n) is 7.56. The Morgan fingerprint density at radius 3 is 2.62 bits per heavy atom. The SMILES string of the molecule is CCCCC(NC(N)=O)C(=O)N1CCCC(C(C)N)C1.Cl. The lowest BCUT2D eigenvalue weighted by Crippen LogP contribution is -2.53. The highest BCUT2D eigenvalue weighted by Crippen LogP contribution is 2.20. The lowest BCUT2D eigenvalue weighted by atomic mass is 9.91. The second-order valence-corrected chi connectivity index (χ2v) is 5.75. The van der Waals surface area contributed by atoms with Crippen LogP contribution in [0.3, 0.4) is 0 Å². The fourth-order valence-electron chi connectivity index (χ4n) is 2.70. The molecule has 0 aliphatic carbocycles. The van der Waals surface area contributed by atoms with E-state index in [2.05, 4.69) is 12.2 Å². The number of nitrogens with zero attached hydrogens (tertiary/aromatic N) is 1. The zero-order valence-electron chi connectivity index (χ0n) is 13.0. The van der Waals surface area contributed by atoms with Gasteiger partial charge in [0.1, 0.15) is 6.04 Å². The fraction of sp³-hybridized carbons (Fsp3) is 0.857. The first kappa shape index (κ1) is 20.0. The molecule has 0 saturated carbocycles. The number of hydrogen-bond donors (Lipinski definition) is 3. The van der Waals surface area contributed by atoms with Crippen molar-refractivity contribution in [3.05, 3.63) is 0 Å². The van der Waals surface area contributed by atoms with Crippen LogP contribution in [0.1, 0.15) is 46.0 Å². The van der Waals surface area contributed by atoms with Crippen LogP contribution in [0.5, 0.6) is 0 Å². The van der Waals surface area contributed by atoms with Gasteiger partial charge in [-0.1, -0.05) is 19.8 Å². The summed E-state index contributed by atoms with van der Waals surface area (Å²) in [5.74, 6) is 0.315. The molecule has 0 bridgehead atoms. The third-order valence-electron chi connectivity index (χ3n) is 3.97. The summed E-state index contributed by atoms with van der Waals surface area (Å²) in [4.78, 5) is 25.4. The number of halogens is 1. The van der Waals surface area contributed by atoms with Crippen molar-refractivity contribution in [3.8, 4) is 0 Å². The summed E-state index contributed by atoms with van der Waals surface area (Å²) in [7, 11) is 0. The van der Waals surface area contributed by atoms with E-state index < -0.39 is 12.1 Å². The first-order chi connectivity index (χ1) is 9.45. The van der Waals surface area contributed by atoms with Crippen LogP contribution in [0.25, 0.3) is 0 Å².